The summed E-state index contributed by atoms with van der Waals surface area (Å²) in [7, 11) is -3.10. The summed E-state index contributed by atoms with van der Waals surface area (Å²) < 4.78 is 30.4. The molecule has 1 aromatic rings. The Kier molecular flexibility index (Phi) is 5.55. The van der Waals surface area contributed by atoms with E-state index in [0.29, 0.717) is 32.0 Å². The predicted molar refractivity (Wildman–Crippen MR) is 81.6 cm³/mol. The van der Waals surface area contributed by atoms with Gasteiger partial charge in [0.2, 0.25) is 10.0 Å². The number of sulfonamides is 1. The summed E-state index contributed by atoms with van der Waals surface area (Å²) in [5.41, 5.74) is 6.43. The van der Waals surface area contributed by atoms with E-state index in [4.69, 9.17) is 10.5 Å². The van der Waals surface area contributed by atoms with Gasteiger partial charge in [-0.2, -0.15) is 0 Å². The van der Waals surface area contributed by atoms with Crippen molar-refractivity contribution in [2.75, 3.05) is 32.5 Å². The Bertz CT molecular complexity index is 545. The van der Waals surface area contributed by atoms with E-state index in [9.17, 15) is 8.42 Å². The maximum absolute atomic E-state index is 11.6. The third-order valence-electron chi connectivity index (χ3n) is 3.63. The third-order valence-corrected chi connectivity index (χ3v) is 4.90. The SMILES string of the molecule is CS(=O)(=O)N1CCCC(COc2ccc(CCN)nc2)C1. The van der Waals surface area contributed by atoms with Crippen LogP contribution in [0.3, 0.4) is 0 Å². The molecule has 1 saturated heterocycles. The van der Waals surface area contributed by atoms with Gasteiger partial charge in [0.05, 0.1) is 19.1 Å². The molecule has 1 fully saturated rings. The standard InChI is InChI=1S/C14H23N3O3S/c1-21(18,19)17-8-2-3-12(10-17)11-20-14-5-4-13(6-7-15)16-9-14/h4-5,9,12H,2-3,6-8,10-11,15H2,1H3. The number of nitrogens with two attached hydrogens (primary N) is 1. The van der Waals surface area contributed by atoms with Gasteiger partial charge in [0.1, 0.15) is 5.75 Å². The van der Waals surface area contributed by atoms with Crippen LogP contribution in [0.2, 0.25) is 0 Å². The lowest BCUT2D eigenvalue weighted by molar-refractivity contribution is 0.180. The maximum atomic E-state index is 11.6. The molecule has 6 nitrogen and oxygen atoms in total. The number of nitrogens with zero attached hydrogens (tertiary/aromatic N) is 2. The largest absolute Gasteiger partial charge is 0.492 e. The van der Waals surface area contributed by atoms with Crippen LogP contribution in [-0.4, -0.2) is 50.2 Å². The van der Waals surface area contributed by atoms with E-state index in [1.807, 2.05) is 12.1 Å². The lowest BCUT2D eigenvalue weighted by atomic mass is 10.0. The first-order valence-corrected chi connectivity index (χ1v) is 9.07. The van der Waals surface area contributed by atoms with E-state index in [0.717, 1.165) is 25.0 Å². The second-order valence-corrected chi connectivity index (χ2v) is 7.45. The highest BCUT2D eigenvalue weighted by Crippen LogP contribution is 2.20. The minimum atomic E-state index is -3.10. The number of hydrogen-bond donors (Lipinski definition) is 1. The van der Waals surface area contributed by atoms with Crippen molar-refractivity contribution in [3.8, 4) is 5.75 Å². The normalized spacial score (nSPS) is 20.4. The lowest BCUT2D eigenvalue weighted by Gasteiger charge is -2.30. The molecule has 0 aliphatic carbocycles. The number of ether oxygens (including phenoxy) is 1. The van der Waals surface area contributed by atoms with Crippen LogP contribution in [0, 0.1) is 5.92 Å². The van der Waals surface area contributed by atoms with Gasteiger partial charge in [-0.05, 0) is 31.5 Å². The fourth-order valence-corrected chi connectivity index (χ4v) is 3.41. The van der Waals surface area contributed by atoms with Crippen molar-refractivity contribution >= 4 is 10.0 Å². The molecule has 0 spiro atoms. The summed E-state index contributed by atoms with van der Waals surface area (Å²) in [4.78, 5) is 4.28. The number of pyridine rings is 1. The Hall–Kier alpha value is -1.18. The Morgan fingerprint density at radius 3 is 2.90 bits per heavy atom. The lowest BCUT2D eigenvalue weighted by Crippen LogP contribution is -2.40. The van der Waals surface area contributed by atoms with E-state index in [1.165, 1.54) is 10.6 Å². The van der Waals surface area contributed by atoms with Crippen LogP contribution in [0.5, 0.6) is 5.75 Å². The smallest absolute Gasteiger partial charge is 0.211 e. The second-order valence-electron chi connectivity index (χ2n) is 5.46. The van der Waals surface area contributed by atoms with Crippen molar-refractivity contribution in [3.63, 3.8) is 0 Å². The summed E-state index contributed by atoms with van der Waals surface area (Å²) in [6.45, 7) is 2.25. The highest BCUT2D eigenvalue weighted by Gasteiger charge is 2.26. The maximum Gasteiger partial charge on any atom is 0.211 e. The summed E-state index contributed by atoms with van der Waals surface area (Å²) in [6.07, 6.45) is 5.59. The zero-order valence-corrected chi connectivity index (χ0v) is 13.2. The molecule has 118 valence electrons. The third kappa shape index (κ3) is 4.94. The minimum Gasteiger partial charge on any atom is -0.492 e. The Morgan fingerprint density at radius 2 is 2.29 bits per heavy atom. The molecule has 0 saturated carbocycles. The van der Waals surface area contributed by atoms with Crippen LogP contribution in [0.4, 0.5) is 0 Å². The Morgan fingerprint density at radius 1 is 1.48 bits per heavy atom. The monoisotopic (exact) mass is 313 g/mol. The van der Waals surface area contributed by atoms with E-state index in [1.54, 1.807) is 6.20 Å². The average molecular weight is 313 g/mol. The van der Waals surface area contributed by atoms with Crippen LogP contribution < -0.4 is 10.5 Å². The van der Waals surface area contributed by atoms with E-state index in [2.05, 4.69) is 4.98 Å². The van der Waals surface area contributed by atoms with Gasteiger partial charge in [-0.1, -0.05) is 0 Å². The number of piperidine rings is 1. The Balaban J connectivity index is 1.85. The van der Waals surface area contributed by atoms with Gasteiger partial charge in [0, 0.05) is 31.1 Å². The summed E-state index contributed by atoms with van der Waals surface area (Å²) >= 11 is 0. The van der Waals surface area contributed by atoms with Gasteiger partial charge >= 0.3 is 0 Å². The zero-order valence-electron chi connectivity index (χ0n) is 12.4. The van der Waals surface area contributed by atoms with Crippen molar-refractivity contribution in [1.82, 2.24) is 9.29 Å². The van der Waals surface area contributed by atoms with Crippen molar-refractivity contribution in [2.45, 2.75) is 19.3 Å². The molecule has 2 N–H and O–H groups in total. The molecular formula is C14H23N3O3S. The first-order valence-electron chi connectivity index (χ1n) is 7.22. The highest BCUT2D eigenvalue weighted by atomic mass is 32.2. The summed E-state index contributed by atoms with van der Waals surface area (Å²) in [6, 6.07) is 3.79. The van der Waals surface area contributed by atoms with Crippen LogP contribution in [0.25, 0.3) is 0 Å². The molecule has 1 unspecified atom stereocenters. The van der Waals surface area contributed by atoms with Crippen molar-refractivity contribution in [1.29, 1.82) is 0 Å². The molecule has 7 heteroatoms. The molecule has 0 bridgehead atoms. The van der Waals surface area contributed by atoms with Gasteiger partial charge in [-0.3, -0.25) is 4.98 Å². The average Bonchev–Trinajstić information content (AvgIpc) is 2.46. The highest BCUT2D eigenvalue weighted by molar-refractivity contribution is 7.88. The molecular weight excluding hydrogens is 290 g/mol. The predicted octanol–water partition coefficient (Wildman–Crippen LogP) is 0.633. The first kappa shape index (κ1) is 16.2. The summed E-state index contributed by atoms with van der Waals surface area (Å²) in [5, 5.41) is 0. The second kappa shape index (κ2) is 7.20. The topological polar surface area (TPSA) is 85.5 Å². The van der Waals surface area contributed by atoms with E-state index >= 15 is 0 Å². The fraction of sp³-hybridized carbons (Fsp3) is 0.643. The molecule has 1 atom stereocenters. The van der Waals surface area contributed by atoms with Gasteiger partial charge in [-0.25, -0.2) is 12.7 Å². The zero-order chi connectivity index (χ0) is 15.3. The molecule has 0 amide bonds. The Labute approximate surface area is 126 Å². The number of rotatable bonds is 6. The van der Waals surface area contributed by atoms with Gasteiger partial charge in [0.25, 0.3) is 0 Å². The fourth-order valence-electron chi connectivity index (χ4n) is 2.47. The summed E-state index contributed by atoms with van der Waals surface area (Å²) in [5.74, 6) is 0.949. The quantitative estimate of drug-likeness (QED) is 0.832. The van der Waals surface area contributed by atoms with Crippen molar-refractivity contribution in [2.24, 2.45) is 11.7 Å². The van der Waals surface area contributed by atoms with Gasteiger partial charge in [0.15, 0.2) is 0 Å². The van der Waals surface area contributed by atoms with E-state index in [-0.39, 0.29) is 5.92 Å². The minimum absolute atomic E-state index is 0.234. The molecule has 0 aromatic carbocycles. The number of aromatic nitrogens is 1. The first-order chi connectivity index (χ1) is 9.99. The molecule has 1 aliphatic rings. The van der Waals surface area contributed by atoms with E-state index < -0.39 is 10.0 Å². The van der Waals surface area contributed by atoms with Gasteiger partial charge in [-0.15, -0.1) is 0 Å². The molecule has 2 rings (SSSR count). The number of hydrogen-bond acceptors (Lipinski definition) is 5. The van der Waals surface area contributed by atoms with Crippen LogP contribution in [0.15, 0.2) is 18.3 Å². The molecule has 21 heavy (non-hydrogen) atoms. The van der Waals surface area contributed by atoms with Crippen LogP contribution >= 0.6 is 0 Å². The molecule has 1 aliphatic heterocycles. The van der Waals surface area contributed by atoms with Crippen molar-refractivity contribution in [3.05, 3.63) is 24.0 Å². The van der Waals surface area contributed by atoms with Crippen molar-refractivity contribution < 1.29 is 13.2 Å². The van der Waals surface area contributed by atoms with Crippen LogP contribution in [-0.2, 0) is 16.4 Å². The molecule has 2 heterocycles. The van der Waals surface area contributed by atoms with Gasteiger partial charge < -0.3 is 10.5 Å². The molecule has 1 aromatic heterocycles. The van der Waals surface area contributed by atoms with Crippen LogP contribution in [0.1, 0.15) is 18.5 Å². The molecule has 0 radical (unpaired) electrons.